The van der Waals surface area contributed by atoms with Gasteiger partial charge in [0.1, 0.15) is 0 Å². The zero-order chi connectivity index (χ0) is 31.8. The lowest BCUT2D eigenvalue weighted by molar-refractivity contribution is -0.122. The summed E-state index contributed by atoms with van der Waals surface area (Å²) in [4.78, 5) is 14.3. The van der Waals surface area contributed by atoms with Gasteiger partial charge in [0.15, 0.2) is 23.0 Å². The van der Waals surface area contributed by atoms with E-state index >= 15 is 0 Å². The maximum absolute atomic E-state index is 12.4. The number of amides is 1. The van der Waals surface area contributed by atoms with E-state index in [4.69, 9.17) is 18.9 Å². The molecule has 236 valence electrons. The minimum Gasteiger partial charge on any atom is -0.493 e. The lowest BCUT2D eigenvalue weighted by Crippen LogP contribution is -2.48. The first-order valence-corrected chi connectivity index (χ1v) is 15.8. The highest BCUT2D eigenvalue weighted by Gasteiger charge is 2.37. The second-order valence-electron chi connectivity index (χ2n) is 9.32. The van der Waals surface area contributed by atoms with Crippen molar-refractivity contribution in [3.05, 3.63) is 35.4 Å². The SMILES string of the molecule is CC.CC.CC.CCCCNC1c2c(c3cc(OC)c(OC)cc3c3cc(OC)c(OC)cc23)CN(C=O)C1CCC. The fourth-order valence-corrected chi connectivity index (χ4v) is 5.61. The normalized spacial score (nSPS) is 15.2. The molecule has 0 spiro atoms. The molecule has 42 heavy (non-hydrogen) atoms. The number of nitrogens with zero attached hydrogens (tertiary/aromatic N) is 1. The zero-order valence-electron chi connectivity index (χ0n) is 28.3. The first kappa shape index (κ1) is 36.8. The van der Waals surface area contributed by atoms with Gasteiger partial charge in [-0.3, -0.25) is 4.79 Å². The Labute approximate surface area is 254 Å². The van der Waals surface area contributed by atoms with Crippen molar-refractivity contribution in [2.45, 2.75) is 99.7 Å². The van der Waals surface area contributed by atoms with E-state index < -0.39 is 0 Å². The van der Waals surface area contributed by atoms with E-state index in [1.165, 1.54) is 5.56 Å². The molecular formula is C35H56N2O5. The molecule has 3 aromatic carbocycles. The summed E-state index contributed by atoms with van der Waals surface area (Å²) in [5.74, 6) is 2.68. The molecule has 0 fully saturated rings. The predicted octanol–water partition coefficient (Wildman–Crippen LogP) is 8.68. The molecule has 7 nitrogen and oxygen atoms in total. The Morgan fingerprint density at radius 2 is 1.19 bits per heavy atom. The number of hydrogen-bond acceptors (Lipinski definition) is 6. The molecule has 3 aromatic rings. The van der Waals surface area contributed by atoms with Crippen molar-refractivity contribution >= 4 is 28.0 Å². The summed E-state index contributed by atoms with van der Waals surface area (Å²) in [6.07, 6.45) is 5.08. The standard InChI is InChI=1S/C29H38N2O5.3C2H6/c1-7-9-11-30-29-23(10-8-2)31(17-32)16-22-20-14-26(35-5)24(33-3)12-18(20)19-13-25(34-4)27(36-6)15-21(19)28(22)29;3*1-2/h12-15,17,23,29-30H,7-11,16H2,1-6H3;3*1-2H3. The number of rotatable bonds is 11. The summed E-state index contributed by atoms with van der Waals surface area (Å²) >= 11 is 0. The molecule has 1 heterocycles. The van der Waals surface area contributed by atoms with Crippen molar-refractivity contribution in [3.8, 4) is 23.0 Å². The van der Waals surface area contributed by atoms with E-state index in [-0.39, 0.29) is 12.1 Å². The Hall–Kier alpha value is -3.19. The van der Waals surface area contributed by atoms with Crippen LogP contribution < -0.4 is 24.3 Å². The third kappa shape index (κ3) is 7.60. The topological polar surface area (TPSA) is 69.3 Å². The molecule has 1 aliphatic rings. The number of nitrogens with one attached hydrogen (secondary N) is 1. The van der Waals surface area contributed by atoms with Crippen LogP contribution in [0.4, 0.5) is 0 Å². The van der Waals surface area contributed by atoms with Crippen molar-refractivity contribution in [2.24, 2.45) is 0 Å². The van der Waals surface area contributed by atoms with E-state index in [1.807, 2.05) is 64.6 Å². The summed E-state index contributed by atoms with van der Waals surface area (Å²) in [5, 5.41) is 8.05. The molecular weight excluding hydrogens is 528 g/mol. The highest BCUT2D eigenvalue weighted by molar-refractivity contribution is 6.13. The second kappa shape index (κ2) is 19.1. The average Bonchev–Trinajstić information content (AvgIpc) is 3.06. The molecule has 0 radical (unpaired) electrons. The molecule has 2 unspecified atom stereocenters. The minimum absolute atomic E-state index is 0.0106. The molecule has 0 saturated carbocycles. The van der Waals surface area contributed by atoms with Gasteiger partial charge < -0.3 is 29.2 Å². The van der Waals surface area contributed by atoms with Crippen molar-refractivity contribution in [2.75, 3.05) is 35.0 Å². The van der Waals surface area contributed by atoms with Crippen molar-refractivity contribution in [1.82, 2.24) is 10.2 Å². The second-order valence-corrected chi connectivity index (χ2v) is 9.32. The third-order valence-electron chi connectivity index (χ3n) is 7.35. The Morgan fingerprint density at radius 1 is 0.738 bits per heavy atom. The lowest BCUT2D eigenvalue weighted by atomic mass is 9.80. The van der Waals surface area contributed by atoms with Crippen LogP contribution in [-0.4, -0.2) is 52.3 Å². The number of fused-ring (bicyclic) bond motifs is 6. The predicted molar refractivity (Wildman–Crippen MR) is 178 cm³/mol. The first-order valence-electron chi connectivity index (χ1n) is 15.8. The van der Waals surface area contributed by atoms with Crippen LogP contribution in [0, 0.1) is 0 Å². The molecule has 1 N–H and O–H groups in total. The minimum atomic E-state index is -0.0106. The summed E-state index contributed by atoms with van der Waals surface area (Å²) in [6.45, 7) is 17.8. The number of carbonyl (C=O) groups is 1. The molecule has 0 aliphatic carbocycles. The highest BCUT2D eigenvalue weighted by atomic mass is 16.5. The van der Waals surface area contributed by atoms with Gasteiger partial charge in [-0.05, 0) is 76.3 Å². The van der Waals surface area contributed by atoms with Gasteiger partial charge in [-0.15, -0.1) is 0 Å². The monoisotopic (exact) mass is 584 g/mol. The number of carbonyl (C=O) groups excluding carboxylic acids is 1. The fourth-order valence-electron chi connectivity index (χ4n) is 5.61. The van der Waals surface area contributed by atoms with Gasteiger partial charge in [-0.25, -0.2) is 0 Å². The maximum atomic E-state index is 12.4. The van der Waals surface area contributed by atoms with Crippen LogP contribution in [0.25, 0.3) is 21.5 Å². The van der Waals surface area contributed by atoms with Crippen LogP contribution in [0.3, 0.4) is 0 Å². The lowest BCUT2D eigenvalue weighted by Gasteiger charge is -2.42. The molecule has 0 saturated heterocycles. The van der Waals surface area contributed by atoms with Gasteiger partial charge in [-0.1, -0.05) is 68.2 Å². The van der Waals surface area contributed by atoms with Gasteiger partial charge in [0, 0.05) is 6.54 Å². The summed E-state index contributed by atoms with van der Waals surface area (Å²) < 4.78 is 22.7. The van der Waals surface area contributed by atoms with Crippen LogP contribution >= 0.6 is 0 Å². The first-order chi connectivity index (χ1) is 20.6. The Bertz CT molecular complexity index is 1240. The summed E-state index contributed by atoms with van der Waals surface area (Å²) in [7, 11) is 6.61. The molecule has 0 aromatic heterocycles. The maximum Gasteiger partial charge on any atom is 0.210 e. The number of unbranched alkanes of at least 4 members (excludes halogenated alkanes) is 1. The fraction of sp³-hybridized carbons (Fsp3) is 0.571. The van der Waals surface area contributed by atoms with Crippen molar-refractivity contribution in [3.63, 3.8) is 0 Å². The highest BCUT2D eigenvalue weighted by Crippen LogP contribution is 2.48. The number of ether oxygens (including phenoxy) is 4. The smallest absolute Gasteiger partial charge is 0.210 e. The molecule has 1 amide bonds. The molecule has 2 atom stereocenters. The van der Waals surface area contributed by atoms with E-state index in [2.05, 4.69) is 25.2 Å². The van der Waals surface area contributed by atoms with Gasteiger partial charge >= 0.3 is 0 Å². The Morgan fingerprint density at radius 3 is 1.62 bits per heavy atom. The van der Waals surface area contributed by atoms with E-state index in [1.54, 1.807) is 28.4 Å². The van der Waals surface area contributed by atoms with Crippen molar-refractivity contribution in [1.29, 1.82) is 0 Å². The average molecular weight is 585 g/mol. The van der Waals surface area contributed by atoms with Crippen LogP contribution in [0.15, 0.2) is 24.3 Å². The number of methoxy groups -OCH3 is 4. The van der Waals surface area contributed by atoms with E-state index in [9.17, 15) is 4.79 Å². The van der Waals surface area contributed by atoms with Gasteiger partial charge in [0.05, 0.1) is 40.5 Å². The summed E-state index contributed by atoms with van der Waals surface area (Å²) in [5.41, 5.74) is 2.34. The van der Waals surface area contributed by atoms with Crippen LogP contribution in [0.1, 0.15) is 98.2 Å². The van der Waals surface area contributed by atoms with Crippen LogP contribution in [0.2, 0.25) is 0 Å². The van der Waals surface area contributed by atoms with E-state index in [0.717, 1.165) is 65.7 Å². The Kier molecular flexibility index (Phi) is 16.7. The number of benzene rings is 3. The molecule has 0 bridgehead atoms. The largest absolute Gasteiger partial charge is 0.493 e. The summed E-state index contributed by atoms with van der Waals surface area (Å²) in [6, 6.07) is 8.24. The quantitative estimate of drug-likeness (QED) is 0.138. The Balaban J connectivity index is 0.00000138. The molecule has 1 aliphatic heterocycles. The van der Waals surface area contributed by atoms with Crippen molar-refractivity contribution < 1.29 is 23.7 Å². The number of hydrogen-bond donors (Lipinski definition) is 1. The zero-order valence-corrected chi connectivity index (χ0v) is 28.3. The third-order valence-corrected chi connectivity index (χ3v) is 7.35. The molecule has 7 heteroatoms. The van der Waals surface area contributed by atoms with Gasteiger partial charge in [-0.2, -0.15) is 0 Å². The van der Waals surface area contributed by atoms with E-state index in [0.29, 0.717) is 29.5 Å². The van der Waals surface area contributed by atoms with Crippen LogP contribution in [-0.2, 0) is 11.3 Å². The van der Waals surface area contributed by atoms with Gasteiger partial charge in [0.2, 0.25) is 6.41 Å². The van der Waals surface area contributed by atoms with Gasteiger partial charge in [0.25, 0.3) is 0 Å². The molecule has 4 rings (SSSR count). The van der Waals surface area contributed by atoms with Crippen LogP contribution in [0.5, 0.6) is 23.0 Å².